The summed E-state index contributed by atoms with van der Waals surface area (Å²) in [6, 6.07) is 14.4. The summed E-state index contributed by atoms with van der Waals surface area (Å²) in [6.45, 7) is 0.259. The molecule has 2 aromatic rings. The van der Waals surface area contributed by atoms with Crippen molar-refractivity contribution in [2.24, 2.45) is 0 Å². The second-order valence-electron chi connectivity index (χ2n) is 5.84. The summed E-state index contributed by atoms with van der Waals surface area (Å²) < 4.78 is 18.3. The van der Waals surface area contributed by atoms with Gasteiger partial charge in [-0.3, -0.25) is 0 Å². The van der Waals surface area contributed by atoms with Gasteiger partial charge in [-0.15, -0.1) is 0 Å². The van der Waals surface area contributed by atoms with Crippen LogP contribution in [0.2, 0.25) is 5.02 Å². The lowest BCUT2D eigenvalue weighted by molar-refractivity contribution is 0.129. The van der Waals surface area contributed by atoms with Gasteiger partial charge in [0.05, 0.1) is 5.02 Å². The first-order chi connectivity index (χ1) is 11.6. The van der Waals surface area contributed by atoms with Crippen LogP contribution in [0.15, 0.2) is 48.5 Å². The van der Waals surface area contributed by atoms with Crippen LogP contribution in [0.5, 0.6) is 0 Å². The second kappa shape index (κ2) is 7.53. The van der Waals surface area contributed by atoms with Gasteiger partial charge in [0.15, 0.2) is 0 Å². The van der Waals surface area contributed by atoms with Crippen LogP contribution >= 0.6 is 11.6 Å². The van der Waals surface area contributed by atoms with Gasteiger partial charge in [-0.25, -0.2) is 9.18 Å². The summed E-state index contributed by atoms with van der Waals surface area (Å²) in [5, 5.41) is 6.20. The fourth-order valence-corrected chi connectivity index (χ4v) is 2.79. The van der Waals surface area contributed by atoms with E-state index in [0.29, 0.717) is 0 Å². The minimum absolute atomic E-state index is 0.0849. The fourth-order valence-electron chi connectivity index (χ4n) is 2.61. The van der Waals surface area contributed by atoms with Crippen LogP contribution in [0, 0.1) is 5.82 Å². The Bertz CT molecular complexity index is 705. The van der Waals surface area contributed by atoms with Crippen molar-refractivity contribution in [2.75, 3.05) is 5.32 Å². The van der Waals surface area contributed by atoms with Crippen molar-refractivity contribution in [1.29, 1.82) is 0 Å². The van der Waals surface area contributed by atoms with Crippen LogP contribution in [0.3, 0.4) is 0 Å². The standard InChI is InChI=1S/C18H18ClFN2O2/c19-16-10-13(6-7-17(16)20)21-14-8-15(9-14)22-18(23)24-11-12-4-2-1-3-5-12/h1-7,10,14-15,21H,8-9,11H2,(H,22,23). The molecule has 0 aromatic heterocycles. The zero-order valence-electron chi connectivity index (χ0n) is 13.0. The van der Waals surface area contributed by atoms with E-state index < -0.39 is 11.9 Å². The number of hydrogen-bond donors (Lipinski definition) is 2. The highest BCUT2D eigenvalue weighted by Crippen LogP contribution is 2.26. The van der Waals surface area contributed by atoms with Gasteiger partial charge in [-0.05, 0) is 36.6 Å². The van der Waals surface area contributed by atoms with E-state index in [2.05, 4.69) is 10.6 Å². The molecule has 3 rings (SSSR count). The zero-order valence-corrected chi connectivity index (χ0v) is 13.7. The Labute approximate surface area is 145 Å². The van der Waals surface area contributed by atoms with Gasteiger partial charge in [0.25, 0.3) is 0 Å². The van der Waals surface area contributed by atoms with Crippen LogP contribution in [-0.2, 0) is 11.3 Å². The molecule has 4 nitrogen and oxygen atoms in total. The number of benzene rings is 2. The largest absolute Gasteiger partial charge is 0.445 e. The number of anilines is 1. The van der Waals surface area contributed by atoms with Crippen molar-refractivity contribution in [3.63, 3.8) is 0 Å². The molecule has 1 amide bonds. The molecule has 1 fully saturated rings. The topological polar surface area (TPSA) is 50.4 Å². The molecule has 1 aliphatic rings. The van der Waals surface area contributed by atoms with Gasteiger partial charge in [0, 0.05) is 17.8 Å². The van der Waals surface area contributed by atoms with E-state index in [0.717, 1.165) is 24.1 Å². The van der Waals surface area contributed by atoms with Crippen molar-refractivity contribution in [2.45, 2.75) is 31.5 Å². The number of alkyl carbamates (subject to hydrolysis) is 1. The predicted octanol–water partition coefficient (Wildman–Crippen LogP) is 4.35. The lowest BCUT2D eigenvalue weighted by atomic mass is 9.86. The summed E-state index contributed by atoms with van der Waals surface area (Å²) in [4.78, 5) is 11.8. The highest BCUT2D eigenvalue weighted by Gasteiger charge is 2.30. The van der Waals surface area contributed by atoms with Crippen molar-refractivity contribution >= 4 is 23.4 Å². The average Bonchev–Trinajstić information content (AvgIpc) is 2.55. The van der Waals surface area contributed by atoms with Crippen LogP contribution in [0.25, 0.3) is 0 Å². The number of amides is 1. The maximum atomic E-state index is 13.1. The number of nitrogens with one attached hydrogen (secondary N) is 2. The minimum Gasteiger partial charge on any atom is -0.445 e. The molecule has 126 valence electrons. The fraction of sp³-hybridized carbons (Fsp3) is 0.278. The average molecular weight is 349 g/mol. The summed E-state index contributed by atoms with van der Waals surface area (Å²) in [5.41, 5.74) is 1.73. The molecule has 0 saturated heterocycles. The van der Waals surface area contributed by atoms with E-state index in [9.17, 15) is 9.18 Å². The van der Waals surface area contributed by atoms with Gasteiger partial charge >= 0.3 is 6.09 Å². The zero-order chi connectivity index (χ0) is 16.9. The Balaban J connectivity index is 1.37. The first-order valence-electron chi connectivity index (χ1n) is 7.79. The molecule has 0 spiro atoms. The van der Waals surface area contributed by atoms with Gasteiger partial charge < -0.3 is 15.4 Å². The number of hydrogen-bond acceptors (Lipinski definition) is 3. The molecule has 0 aliphatic heterocycles. The normalized spacial score (nSPS) is 19.2. The summed E-state index contributed by atoms with van der Waals surface area (Å²) in [6.07, 6.45) is 1.16. The summed E-state index contributed by atoms with van der Waals surface area (Å²) >= 11 is 5.75. The first kappa shape index (κ1) is 16.6. The molecule has 2 N–H and O–H groups in total. The number of carbonyl (C=O) groups excluding carboxylic acids is 1. The number of halogens is 2. The molecular weight excluding hydrogens is 331 g/mol. The number of rotatable bonds is 5. The Morgan fingerprint density at radius 3 is 2.62 bits per heavy atom. The molecule has 0 unspecified atom stereocenters. The molecule has 2 aromatic carbocycles. The van der Waals surface area contributed by atoms with Crippen molar-refractivity contribution in [3.8, 4) is 0 Å². The van der Waals surface area contributed by atoms with Crippen molar-refractivity contribution < 1.29 is 13.9 Å². The molecule has 24 heavy (non-hydrogen) atoms. The molecule has 1 aliphatic carbocycles. The van der Waals surface area contributed by atoms with Crippen LogP contribution in [-0.4, -0.2) is 18.2 Å². The highest BCUT2D eigenvalue weighted by atomic mass is 35.5. The third kappa shape index (κ3) is 4.38. The molecule has 0 heterocycles. The predicted molar refractivity (Wildman–Crippen MR) is 91.6 cm³/mol. The molecule has 0 bridgehead atoms. The lowest BCUT2D eigenvalue weighted by Crippen LogP contribution is -2.49. The van der Waals surface area contributed by atoms with Gasteiger partial charge in [-0.1, -0.05) is 41.9 Å². The lowest BCUT2D eigenvalue weighted by Gasteiger charge is -2.36. The minimum atomic E-state index is -0.434. The quantitative estimate of drug-likeness (QED) is 0.844. The van der Waals surface area contributed by atoms with Crippen LogP contribution in [0.4, 0.5) is 14.9 Å². The number of ether oxygens (including phenoxy) is 1. The van der Waals surface area contributed by atoms with Gasteiger partial charge in [0.2, 0.25) is 0 Å². The summed E-state index contributed by atoms with van der Waals surface area (Å²) in [7, 11) is 0. The molecular formula is C18H18ClFN2O2. The molecule has 0 atom stereocenters. The van der Waals surface area contributed by atoms with E-state index in [4.69, 9.17) is 16.3 Å². The molecule has 0 radical (unpaired) electrons. The van der Waals surface area contributed by atoms with E-state index in [-0.39, 0.29) is 23.7 Å². The Kier molecular flexibility index (Phi) is 5.20. The molecule has 6 heteroatoms. The van der Waals surface area contributed by atoms with Gasteiger partial charge in [0.1, 0.15) is 12.4 Å². The van der Waals surface area contributed by atoms with E-state index >= 15 is 0 Å². The first-order valence-corrected chi connectivity index (χ1v) is 8.17. The number of carbonyl (C=O) groups is 1. The SMILES string of the molecule is O=C(NC1CC(Nc2ccc(F)c(Cl)c2)C1)OCc1ccccc1. The highest BCUT2D eigenvalue weighted by molar-refractivity contribution is 6.31. The van der Waals surface area contributed by atoms with Gasteiger partial charge in [-0.2, -0.15) is 0 Å². The van der Waals surface area contributed by atoms with E-state index in [1.165, 1.54) is 6.07 Å². The Hall–Kier alpha value is -2.27. The third-order valence-corrected chi connectivity index (χ3v) is 4.25. The van der Waals surface area contributed by atoms with Crippen LogP contribution in [0.1, 0.15) is 18.4 Å². The second-order valence-corrected chi connectivity index (χ2v) is 6.25. The third-order valence-electron chi connectivity index (χ3n) is 3.96. The Morgan fingerprint density at radius 1 is 1.17 bits per heavy atom. The van der Waals surface area contributed by atoms with Crippen LogP contribution < -0.4 is 10.6 Å². The summed E-state index contributed by atoms with van der Waals surface area (Å²) in [5.74, 6) is -0.434. The Morgan fingerprint density at radius 2 is 1.92 bits per heavy atom. The smallest absolute Gasteiger partial charge is 0.407 e. The van der Waals surface area contributed by atoms with Crippen molar-refractivity contribution in [3.05, 3.63) is 64.9 Å². The van der Waals surface area contributed by atoms with E-state index in [1.807, 2.05) is 30.3 Å². The molecule has 1 saturated carbocycles. The van der Waals surface area contributed by atoms with E-state index in [1.54, 1.807) is 12.1 Å². The monoisotopic (exact) mass is 348 g/mol. The maximum Gasteiger partial charge on any atom is 0.407 e. The van der Waals surface area contributed by atoms with Crippen molar-refractivity contribution in [1.82, 2.24) is 5.32 Å². The maximum absolute atomic E-state index is 13.1.